The maximum Gasteiger partial charge on any atom is 0.357 e. The first kappa shape index (κ1) is 33.4. The lowest BCUT2D eigenvalue weighted by molar-refractivity contribution is -0.168. The van der Waals surface area contributed by atoms with Crippen molar-refractivity contribution in [1.82, 2.24) is 15.2 Å². The molecule has 0 aromatic carbocycles. The number of β-lactam (4-membered cyclic amide) rings is 1. The number of thioether (sulfide) groups is 1. The van der Waals surface area contributed by atoms with E-state index in [9.17, 15) is 19.2 Å². The third-order valence-electron chi connectivity index (χ3n) is 6.90. The zero-order valence-electron chi connectivity index (χ0n) is 24.3. The van der Waals surface area contributed by atoms with Crippen molar-refractivity contribution < 1.29 is 33.5 Å². The summed E-state index contributed by atoms with van der Waals surface area (Å²) in [7, 11) is 1.29. The summed E-state index contributed by atoms with van der Waals surface area (Å²) in [6, 6.07) is -0.888. The van der Waals surface area contributed by atoms with Gasteiger partial charge in [-0.15, -0.1) is 23.1 Å². The third-order valence-corrected chi connectivity index (χ3v) is 8.76. The van der Waals surface area contributed by atoms with Crippen molar-refractivity contribution in [2.24, 2.45) is 5.16 Å². The van der Waals surface area contributed by atoms with E-state index in [-0.39, 0.29) is 28.7 Å². The number of nitrogen functional groups attached to an aromatic ring is 1. The number of nitrogens with two attached hydrogens (primary N) is 1. The number of carbonyl (C=O) groups excluding carboxylic acids is 4. The molecule has 3 rings (SSSR count). The molecule has 3 heterocycles. The molecule has 1 aromatic rings. The predicted molar refractivity (Wildman–Crippen MR) is 161 cm³/mol. The largest absolute Gasteiger partial charge is 0.428 e. The quantitative estimate of drug-likeness (QED) is 0.0573. The van der Waals surface area contributed by atoms with E-state index in [0.29, 0.717) is 5.75 Å². The molecule has 2 atom stereocenters. The Bertz CT molecular complexity index is 1140. The van der Waals surface area contributed by atoms with Crippen LogP contribution in [0.25, 0.3) is 0 Å². The first-order valence-electron chi connectivity index (χ1n) is 14.5. The summed E-state index contributed by atoms with van der Waals surface area (Å²) in [5.41, 5.74) is 5.80. The average molecular weight is 624 g/mol. The number of nitrogens with zero attached hydrogens (tertiary/aromatic N) is 3. The summed E-state index contributed by atoms with van der Waals surface area (Å²) >= 11 is 2.51. The van der Waals surface area contributed by atoms with Gasteiger partial charge in [-0.2, -0.15) is 0 Å². The number of anilines is 1. The van der Waals surface area contributed by atoms with Crippen LogP contribution in [-0.2, 0) is 33.5 Å². The van der Waals surface area contributed by atoms with Crippen LogP contribution in [0.4, 0.5) is 5.13 Å². The van der Waals surface area contributed by atoms with Crippen molar-refractivity contribution in [1.29, 1.82) is 0 Å². The third kappa shape index (κ3) is 9.72. The Morgan fingerprint density at radius 2 is 1.74 bits per heavy atom. The summed E-state index contributed by atoms with van der Waals surface area (Å²) in [6.45, 7) is 1.70. The molecule has 0 radical (unpaired) electrons. The highest BCUT2D eigenvalue weighted by Gasteiger charge is 2.53. The number of ether oxygens (including phenoxy) is 2. The summed E-state index contributed by atoms with van der Waals surface area (Å²) < 4.78 is 10.2. The lowest BCUT2D eigenvalue weighted by atomic mass is 10.0. The Balaban J connectivity index is 1.33. The monoisotopic (exact) mass is 623 g/mol. The molecule has 2 aliphatic rings. The van der Waals surface area contributed by atoms with Crippen LogP contribution in [0.3, 0.4) is 0 Å². The molecule has 232 valence electrons. The topological polar surface area (TPSA) is 163 Å². The van der Waals surface area contributed by atoms with Gasteiger partial charge in [0.15, 0.2) is 10.8 Å². The standard InChI is InChI=1S/C28H41N5O7S2/c1-3-4-5-6-7-8-9-10-11-12-13-14-21(34)39-18-40-27(37)20-15-16-41-26-23(25(36)33(20)26)31-24(35)22(32-38-2)19-17-42-28(29)30-19/h15,17,23,26H,3-14,16,18H2,1-2H3,(H2,29,30)(H,31,35)/b32-22+. The molecular formula is C28H41N5O7S2. The lowest BCUT2D eigenvalue weighted by Gasteiger charge is -2.48. The van der Waals surface area contributed by atoms with Crippen molar-refractivity contribution in [3.63, 3.8) is 0 Å². The van der Waals surface area contributed by atoms with Crippen LogP contribution in [0.1, 0.15) is 89.7 Å². The molecule has 2 unspecified atom stereocenters. The zero-order chi connectivity index (χ0) is 30.3. The summed E-state index contributed by atoms with van der Waals surface area (Å²) in [5.74, 6) is -1.93. The van der Waals surface area contributed by atoms with Crippen LogP contribution >= 0.6 is 23.1 Å². The van der Waals surface area contributed by atoms with E-state index in [1.807, 2.05) is 0 Å². The maximum absolute atomic E-state index is 12.9. The minimum Gasteiger partial charge on any atom is -0.428 e. The van der Waals surface area contributed by atoms with Crippen molar-refractivity contribution in [2.45, 2.75) is 95.4 Å². The van der Waals surface area contributed by atoms with Gasteiger partial charge in [0.1, 0.15) is 29.9 Å². The first-order valence-corrected chi connectivity index (χ1v) is 16.4. The smallest absolute Gasteiger partial charge is 0.357 e. The number of hydrogen-bond donors (Lipinski definition) is 2. The average Bonchev–Trinajstić information content (AvgIpc) is 3.42. The molecule has 0 saturated carbocycles. The van der Waals surface area contributed by atoms with Gasteiger partial charge in [0.2, 0.25) is 6.79 Å². The van der Waals surface area contributed by atoms with E-state index < -0.39 is 42.0 Å². The van der Waals surface area contributed by atoms with Crippen LogP contribution < -0.4 is 11.1 Å². The fourth-order valence-electron chi connectivity index (χ4n) is 4.66. The molecule has 0 spiro atoms. The fourth-order valence-corrected chi connectivity index (χ4v) is 6.40. The fraction of sp³-hybridized carbons (Fsp3) is 0.643. The number of carbonyl (C=O) groups is 4. The number of rotatable bonds is 19. The van der Waals surface area contributed by atoms with E-state index in [1.165, 1.54) is 75.1 Å². The highest BCUT2D eigenvalue weighted by Crippen LogP contribution is 2.37. The highest BCUT2D eigenvalue weighted by atomic mass is 32.2. The summed E-state index contributed by atoms with van der Waals surface area (Å²) in [6.07, 6.45) is 14.9. The van der Waals surface area contributed by atoms with Gasteiger partial charge in [0.25, 0.3) is 11.8 Å². The zero-order valence-corrected chi connectivity index (χ0v) is 25.9. The number of fused-ring (bicyclic) bond motifs is 1. The Kier molecular flexibility index (Phi) is 14.1. The second-order valence-corrected chi connectivity index (χ2v) is 12.1. The van der Waals surface area contributed by atoms with Crippen LogP contribution in [0.15, 0.2) is 22.3 Å². The molecule has 2 aliphatic heterocycles. The molecule has 0 bridgehead atoms. The molecule has 2 amide bonds. The van der Waals surface area contributed by atoms with Gasteiger partial charge in [0, 0.05) is 17.6 Å². The molecule has 42 heavy (non-hydrogen) atoms. The molecule has 1 aromatic heterocycles. The lowest BCUT2D eigenvalue weighted by Crippen LogP contribution is -2.70. The van der Waals surface area contributed by atoms with Gasteiger partial charge in [-0.1, -0.05) is 76.3 Å². The van der Waals surface area contributed by atoms with E-state index in [0.717, 1.165) is 30.6 Å². The number of hydrogen-bond acceptors (Lipinski definition) is 12. The number of esters is 2. The van der Waals surface area contributed by atoms with Crippen LogP contribution in [0, 0.1) is 0 Å². The first-order chi connectivity index (χ1) is 20.4. The van der Waals surface area contributed by atoms with Crippen molar-refractivity contribution >= 4 is 57.7 Å². The van der Waals surface area contributed by atoms with Gasteiger partial charge >= 0.3 is 11.9 Å². The Labute approximate surface area is 254 Å². The van der Waals surface area contributed by atoms with Crippen molar-refractivity contribution in [2.75, 3.05) is 25.4 Å². The second-order valence-electron chi connectivity index (χ2n) is 10.0. The van der Waals surface area contributed by atoms with Crippen LogP contribution in [0.5, 0.6) is 0 Å². The minimum absolute atomic E-state index is 0.0497. The molecule has 0 aliphatic carbocycles. The second kappa shape index (κ2) is 17.7. The molecule has 3 N–H and O–H groups in total. The number of amides is 2. The molecule has 1 fully saturated rings. The van der Waals surface area contributed by atoms with E-state index >= 15 is 0 Å². The number of aromatic nitrogens is 1. The summed E-state index contributed by atoms with van der Waals surface area (Å²) in [5, 5.41) is 7.65. The normalized spacial score (nSPS) is 18.0. The van der Waals surface area contributed by atoms with Gasteiger partial charge in [-0.25, -0.2) is 9.78 Å². The Morgan fingerprint density at radius 1 is 1.07 bits per heavy atom. The number of thiazole rings is 1. The van der Waals surface area contributed by atoms with Gasteiger partial charge in [-0.3, -0.25) is 19.3 Å². The van der Waals surface area contributed by atoms with E-state index in [4.69, 9.17) is 20.0 Å². The number of unbranched alkanes of at least 4 members (excludes halogenated alkanes) is 10. The SMILES string of the molecule is CCCCCCCCCCCCCC(=O)OCOC(=O)C1=CCSC2C(NC(=O)/C(=N/OC)c3csc(N)n3)C(=O)N12. The van der Waals surface area contributed by atoms with Crippen LogP contribution in [-0.4, -0.2) is 70.4 Å². The predicted octanol–water partition coefficient (Wildman–Crippen LogP) is 4.10. The summed E-state index contributed by atoms with van der Waals surface area (Å²) in [4.78, 5) is 60.5. The van der Waals surface area contributed by atoms with Gasteiger partial charge < -0.3 is 25.4 Å². The van der Waals surface area contributed by atoms with E-state index in [2.05, 4.69) is 22.4 Å². The molecule has 12 nitrogen and oxygen atoms in total. The maximum atomic E-state index is 12.9. The number of oxime groups is 1. The molecule has 1 saturated heterocycles. The molecular weight excluding hydrogens is 582 g/mol. The van der Waals surface area contributed by atoms with Crippen molar-refractivity contribution in [3.05, 3.63) is 22.8 Å². The van der Waals surface area contributed by atoms with Gasteiger partial charge in [0.05, 0.1) is 0 Å². The van der Waals surface area contributed by atoms with Crippen molar-refractivity contribution in [3.8, 4) is 0 Å². The van der Waals surface area contributed by atoms with Gasteiger partial charge in [-0.05, 0) is 12.5 Å². The number of nitrogens with one attached hydrogen (secondary N) is 1. The highest BCUT2D eigenvalue weighted by molar-refractivity contribution is 8.00. The Hall–Kier alpha value is -3.13. The van der Waals surface area contributed by atoms with E-state index in [1.54, 1.807) is 11.5 Å². The molecule has 14 heteroatoms. The minimum atomic E-state index is -0.888. The van der Waals surface area contributed by atoms with Crippen LogP contribution in [0.2, 0.25) is 0 Å². The Morgan fingerprint density at radius 3 is 2.36 bits per heavy atom.